The zero-order valence-electron chi connectivity index (χ0n) is 6.40. The van der Waals surface area contributed by atoms with Crippen LogP contribution in [0.15, 0.2) is 0 Å². The lowest BCUT2D eigenvalue weighted by atomic mass is 9.98. The van der Waals surface area contributed by atoms with Crippen molar-refractivity contribution in [3.63, 3.8) is 0 Å². The number of esters is 1. The van der Waals surface area contributed by atoms with Crippen LogP contribution in [0.3, 0.4) is 0 Å². The zero-order valence-corrected chi connectivity index (χ0v) is 6.40. The quantitative estimate of drug-likeness (QED) is 0.430. The first-order valence-corrected chi connectivity index (χ1v) is 3.69. The predicted octanol–water partition coefficient (Wildman–Crippen LogP) is -0.615. The van der Waals surface area contributed by atoms with E-state index >= 15 is 0 Å². The van der Waals surface area contributed by atoms with Crippen LogP contribution < -0.4 is 0 Å². The number of carbonyl (C=O) groups excluding carboxylic acids is 1. The maximum Gasteiger partial charge on any atom is 0.320 e. The van der Waals surface area contributed by atoms with Gasteiger partial charge in [0.1, 0.15) is 6.10 Å². The number of aliphatic carboxylic acids is 1. The van der Waals surface area contributed by atoms with Crippen molar-refractivity contribution in [2.75, 3.05) is 6.61 Å². The fourth-order valence-electron chi connectivity index (χ4n) is 1.13. The number of carbonyl (C=O) groups is 2. The number of hydrogen-bond acceptors (Lipinski definition) is 4. The standard InChI is InChI=1S/C7H10O5/c8-3-4-1-2-5(6(9)10)7(11)12-4/h4-5,8H,1-3H2,(H,9,10)/t4-,5-/m0/s1. The number of aliphatic hydroxyl groups excluding tert-OH is 1. The van der Waals surface area contributed by atoms with Gasteiger partial charge in [-0.3, -0.25) is 9.59 Å². The fraction of sp³-hybridized carbons (Fsp3) is 0.714. The molecular weight excluding hydrogens is 164 g/mol. The van der Waals surface area contributed by atoms with E-state index in [2.05, 4.69) is 4.74 Å². The normalized spacial score (nSPS) is 29.6. The van der Waals surface area contributed by atoms with Crippen molar-refractivity contribution in [2.24, 2.45) is 5.92 Å². The molecule has 1 aliphatic rings. The molecule has 1 aliphatic heterocycles. The number of carboxylic acids is 1. The Morgan fingerprint density at radius 2 is 2.25 bits per heavy atom. The van der Waals surface area contributed by atoms with Crippen LogP contribution in [0.1, 0.15) is 12.8 Å². The first kappa shape index (κ1) is 8.99. The van der Waals surface area contributed by atoms with Crippen LogP contribution in [-0.2, 0) is 14.3 Å². The van der Waals surface area contributed by atoms with Crippen molar-refractivity contribution in [3.05, 3.63) is 0 Å². The highest BCUT2D eigenvalue weighted by Gasteiger charge is 2.34. The lowest BCUT2D eigenvalue weighted by Gasteiger charge is -2.24. The van der Waals surface area contributed by atoms with Crippen LogP contribution in [0.5, 0.6) is 0 Å². The van der Waals surface area contributed by atoms with Crippen LogP contribution >= 0.6 is 0 Å². The van der Waals surface area contributed by atoms with Gasteiger partial charge in [-0.25, -0.2) is 0 Å². The average Bonchev–Trinajstić information content (AvgIpc) is 2.03. The summed E-state index contributed by atoms with van der Waals surface area (Å²) < 4.78 is 4.64. The number of ether oxygens (including phenoxy) is 1. The molecule has 0 radical (unpaired) electrons. The molecule has 0 unspecified atom stereocenters. The van der Waals surface area contributed by atoms with Gasteiger partial charge in [-0.05, 0) is 12.8 Å². The topological polar surface area (TPSA) is 83.8 Å². The van der Waals surface area contributed by atoms with Crippen LogP contribution in [0.4, 0.5) is 0 Å². The van der Waals surface area contributed by atoms with E-state index in [1.807, 2.05) is 0 Å². The second-order valence-corrected chi connectivity index (χ2v) is 2.71. The maximum atomic E-state index is 10.9. The monoisotopic (exact) mass is 174 g/mol. The summed E-state index contributed by atoms with van der Waals surface area (Å²) >= 11 is 0. The third kappa shape index (κ3) is 1.73. The highest BCUT2D eigenvalue weighted by atomic mass is 16.6. The second kappa shape index (κ2) is 3.53. The molecule has 0 aromatic heterocycles. The minimum atomic E-state index is -1.16. The van der Waals surface area contributed by atoms with Crippen LogP contribution in [-0.4, -0.2) is 34.9 Å². The molecule has 0 saturated carbocycles. The molecule has 0 bridgehead atoms. The van der Waals surface area contributed by atoms with Crippen LogP contribution in [0, 0.1) is 5.92 Å². The van der Waals surface area contributed by atoms with Crippen LogP contribution in [0.2, 0.25) is 0 Å². The Morgan fingerprint density at radius 1 is 1.58 bits per heavy atom. The summed E-state index contributed by atoms with van der Waals surface area (Å²) in [5.41, 5.74) is 0. The summed E-state index contributed by atoms with van der Waals surface area (Å²) in [5.74, 6) is -2.95. The molecule has 0 amide bonds. The molecule has 1 saturated heterocycles. The largest absolute Gasteiger partial charge is 0.481 e. The Balaban J connectivity index is 2.54. The molecule has 0 spiro atoms. The number of aliphatic hydroxyl groups is 1. The van der Waals surface area contributed by atoms with E-state index in [9.17, 15) is 9.59 Å². The van der Waals surface area contributed by atoms with E-state index in [4.69, 9.17) is 10.2 Å². The molecule has 2 N–H and O–H groups in total. The molecule has 5 nitrogen and oxygen atoms in total. The number of rotatable bonds is 2. The lowest BCUT2D eigenvalue weighted by molar-refractivity contribution is -0.170. The van der Waals surface area contributed by atoms with Crippen molar-refractivity contribution >= 4 is 11.9 Å². The van der Waals surface area contributed by atoms with Crippen molar-refractivity contribution in [1.82, 2.24) is 0 Å². The molecular formula is C7H10O5. The van der Waals surface area contributed by atoms with Crippen LogP contribution in [0.25, 0.3) is 0 Å². The highest BCUT2D eigenvalue weighted by molar-refractivity contribution is 5.94. The molecule has 0 aliphatic carbocycles. The van der Waals surface area contributed by atoms with Gasteiger partial charge in [0.25, 0.3) is 0 Å². The Hall–Kier alpha value is -1.10. The summed E-state index contributed by atoms with van der Waals surface area (Å²) in [6.07, 6.45) is 0.145. The molecule has 1 rings (SSSR count). The molecule has 2 atom stereocenters. The smallest absolute Gasteiger partial charge is 0.320 e. The van der Waals surface area contributed by atoms with Gasteiger partial charge >= 0.3 is 11.9 Å². The number of hydrogen-bond donors (Lipinski definition) is 2. The first-order chi connectivity index (χ1) is 5.65. The maximum absolute atomic E-state index is 10.9. The van der Waals surface area contributed by atoms with Crippen molar-refractivity contribution < 1.29 is 24.5 Å². The highest BCUT2D eigenvalue weighted by Crippen LogP contribution is 2.19. The Kier molecular flexibility index (Phi) is 2.65. The molecule has 5 heteroatoms. The van der Waals surface area contributed by atoms with Crippen molar-refractivity contribution in [3.8, 4) is 0 Å². The van der Waals surface area contributed by atoms with Gasteiger partial charge in [0.15, 0.2) is 5.92 Å². The molecule has 68 valence electrons. The Labute approximate surface area is 68.9 Å². The summed E-state index contributed by atoms with van der Waals surface area (Å²) in [4.78, 5) is 21.3. The zero-order chi connectivity index (χ0) is 9.14. The van der Waals surface area contributed by atoms with Gasteiger partial charge in [-0.2, -0.15) is 0 Å². The van der Waals surface area contributed by atoms with Gasteiger partial charge in [-0.1, -0.05) is 0 Å². The van der Waals surface area contributed by atoms with Gasteiger partial charge in [0.2, 0.25) is 0 Å². The molecule has 12 heavy (non-hydrogen) atoms. The van der Waals surface area contributed by atoms with E-state index in [0.29, 0.717) is 6.42 Å². The third-order valence-electron chi connectivity index (χ3n) is 1.85. The summed E-state index contributed by atoms with van der Waals surface area (Å²) in [5, 5.41) is 17.1. The van der Waals surface area contributed by atoms with Gasteiger partial charge in [-0.15, -0.1) is 0 Å². The Bertz CT molecular complexity index is 200. The summed E-state index contributed by atoms with van der Waals surface area (Å²) in [7, 11) is 0. The van der Waals surface area contributed by atoms with Gasteiger partial charge < -0.3 is 14.9 Å². The molecule has 0 aromatic carbocycles. The van der Waals surface area contributed by atoms with E-state index in [1.165, 1.54) is 0 Å². The molecule has 0 aromatic rings. The van der Waals surface area contributed by atoms with Gasteiger partial charge in [0.05, 0.1) is 6.61 Å². The van der Waals surface area contributed by atoms with E-state index < -0.39 is 24.0 Å². The van der Waals surface area contributed by atoms with E-state index in [0.717, 1.165) is 0 Å². The lowest BCUT2D eigenvalue weighted by Crippen LogP contribution is -2.36. The Morgan fingerprint density at radius 3 is 2.67 bits per heavy atom. The third-order valence-corrected chi connectivity index (χ3v) is 1.85. The molecule has 1 fully saturated rings. The predicted molar refractivity (Wildman–Crippen MR) is 37.3 cm³/mol. The van der Waals surface area contributed by atoms with E-state index in [1.54, 1.807) is 0 Å². The second-order valence-electron chi connectivity index (χ2n) is 2.71. The summed E-state index contributed by atoms with van der Waals surface area (Å²) in [6, 6.07) is 0. The minimum Gasteiger partial charge on any atom is -0.481 e. The van der Waals surface area contributed by atoms with E-state index in [-0.39, 0.29) is 13.0 Å². The average molecular weight is 174 g/mol. The minimum absolute atomic E-state index is 0.238. The number of carboxylic acid groups (broad SMARTS) is 1. The number of cyclic esters (lactones) is 1. The molecule has 1 heterocycles. The first-order valence-electron chi connectivity index (χ1n) is 3.69. The fourth-order valence-corrected chi connectivity index (χ4v) is 1.13. The summed E-state index contributed by atoms with van der Waals surface area (Å²) in [6.45, 7) is -0.238. The van der Waals surface area contributed by atoms with Crippen molar-refractivity contribution in [2.45, 2.75) is 18.9 Å². The SMILES string of the molecule is O=C(O)[C@@H]1CC[C@@H](CO)OC1=O. The van der Waals surface area contributed by atoms with Gasteiger partial charge in [0, 0.05) is 0 Å². The van der Waals surface area contributed by atoms with Crippen molar-refractivity contribution in [1.29, 1.82) is 0 Å².